The van der Waals surface area contributed by atoms with Crippen molar-refractivity contribution < 1.29 is 31.1 Å². The predicted molar refractivity (Wildman–Crippen MR) is 120 cm³/mol. The van der Waals surface area contributed by atoms with Gasteiger partial charge >= 0.3 is 6.18 Å². The lowest BCUT2D eigenvalue weighted by molar-refractivity contribution is -0.137. The summed E-state index contributed by atoms with van der Waals surface area (Å²) in [5, 5.41) is 4.33. The van der Waals surface area contributed by atoms with Gasteiger partial charge in [0, 0.05) is 13.6 Å². The maximum absolute atomic E-state index is 12.6. The highest BCUT2D eigenvalue weighted by molar-refractivity contribution is 7.94. The molecule has 0 radical (unpaired) electrons. The van der Waals surface area contributed by atoms with E-state index in [2.05, 4.69) is 5.32 Å². The van der Waals surface area contributed by atoms with Crippen LogP contribution in [0.2, 0.25) is 0 Å². The van der Waals surface area contributed by atoms with E-state index in [-0.39, 0.29) is 23.3 Å². The Morgan fingerprint density at radius 1 is 1.06 bits per heavy atom. The summed E-state index contributed by atoms with van der Waals surface area (Å²) in [4.78, 5) is 12.0. The number of sulfonamides is 1. The molecule has 3 rings (SSSR count). The molecule has 0 unspecified atom stereocenters. The highest BCUT2D eigenvalue weighted by Crippen LogP contribution is 2.29. The maximum atomic E-state index is 12.6. The second-order valence-electron chi connectivity index (χ2n) is 6.98. The molecular weight excluding hydrogens is 477 g/mol. The van der Waals surface area contributed by atoms with E-state index < -0.39 is 21.8 Å². The molecule has 0 saturated carbocycles. The molecule has 1 amide bonds. The molecule has 3 aromatic rings. The largest absolute Gasteiger partial charge is 0.484 e. The molecule has 0 aliphatic carbocycles. The molecule has 0 spiro atoms. The average Bonchev–Trinajstić information content (AvgIpc) is 3.33. The van der Waals surface area contributed by atoms with E-state index in [4.69, 9.17) is 4.74 Å². The number of carbonyl (C=O) groups is 1. The topological polar surface area (TPSA) is 75.7 Å². The first-order valence-electron chi connectivity index (χ1n) is 9.75. The zero-order valence-corrected chi connectivity index (χ0v) is 19.1. The fraction of sp³-hybridized carbons (Fsp3) is 0.227. The number of ether oxygens (including phenoxy) is 1. The molecule has 1 N–H and O–H groups in total. The lowest BCUT2D eigenvalue weighted by Crippen LogP contribution is -2.30. The van der Waals surface area contributed by atoms with E-state index in [0.717, 1.165) is 27.8 Å². The van der Waals surface area contributed by atoms with Crippen LogP contribution in [0.5, 0.6) is 5.75 Å². The smallest absolute Gasteiger partial charge is 0.416 e. The van der Waals surface area contributed by atoms with Crippen LogP contribution >= 0.6 is 11.3 Å². The molecule has 0 atom stereocenters. The van der Waals surface area contributed by atoms with Gasteiger partial charge in [0.2, 0.25) is 0 Å². The summed E-state index contributed by atoms with van der Waals surface area (Å²) < 4.78 is 69.7. The Bertz CT molecular complexity index is 1160. The number of hydrogen-bond acceptors (Lipinski definition) is 5. The van der Waals surface area contributed by atoms with Crippen LogP contribution in [0.3, 0.4) is 0 Å². The van der Waals surface area contributed by atoms with Crippen LogP contribution in [0, 0.1) is 0 Å². The zero-order valence-electron chi connectivity index (χ0n) is 17.5. The number of halogens is 3. The van der Waals surface area contributed by atoms with Gasteiger partial charge in [0.15, 0.2) is 6.61 Å². The van der Waals surface area contributed by atoms with Gasteiger partial charge in [-0.15, -0.1) is 11.3 Å². The quantitative estimate of drug-likeness (QED) is 0.477. The lowest BCUT2D eigenvalue weighted by atomic mass is 10.1. The monoisotopic (exact) mass is 498 g/mol. The molecule has 0 aliphatic rings. The highest BCUT2D eigenvalue weighted by Gasteiger charge is 2.29. The molecular formula is C22H21F3N2O4S2. The van der Waals surface area contributed by atoms with Gasteiger partial charge in [-0.1, -0.05) is 18.2 Å². The SMILES string of the molecule is CN(c1ccc(OCC(=O)NCCc2ccc(C(F)(F)F)cc2)cc1)S(=O)(=O)c1cccs1. The van der Waals surface area contributed by atoms with Gasteiger partial charge in [0.25, 0.3) is 15.9 Å². The van der Waals surface area contributed by atoms with Gasteiger partial charge in [-0.05, 0) is 59.8 Å². The van der Waals surface area contributed by atoms with E-state index in [1.165, 1.54) is 25.2 Å². The molecule has 6 nitrogen and oxygen atoms in total. The minimum atomic E-state index is -4.38. The van der Waals surface area contributed by atoms with Crippen molar-refractivity contribution in [3.8, 4) is 5.75 Å². The second kappa shape index (κ2) is 10.3. The first-order chi connectivity index (χ1) is 15.6. The van der Waals surface area contributed by atoms with Gasteiger partial charge < -0.3 is 10.1 Å². The molecule has 11 heteroatoms. The number of nitrogens with one attached hydrogen (secondary N) is 1. The van der Waals surface area contributed by atoms with Crippen LogP contribution in [0.15, 0.2) is 70.3 Å². The molecule has 0 fully saturated rings. The number of rotatable bonds is 9. The molecule has 0 saturated heterocycles. The summed E-state index contributed by atoms with van der Waals surface area (Å²) in [6.45, 7) is -0.00639. The maximum Gasteiger partial charge on any atom is 0.416 e. The van der Waals surface area contributed by atoms with Crippen molar-refractivity contribution >= 4 is 33.0 Å². The summed E-state index contributed by atoms with van der Waals surface area (Å²) in [6.07, 6.45) is -4.00. The van der Waals surface area contributed by atoms with Crippen molar-refractivity contribution in [2.24, 2.45) is 0 Å². The molecule has 0 bridgehead atoms. The standard InChI is InChI=1S/C22H21F3N2O4S2/c1-27(33(29,30)21-3-2-14-32-21)18-8-10-19(11-9-18)31-15-20(28)26-13-12-16-4-6-17(7-5-16)22(23,24)25/h2-11,14H,12-13,15H2,1H3,(H,26,28). The Hall–Kier alpha value is -3.05. The summed E-state index contributed by atoms with van der Waals surface area (Å²) in [7, 11) is -2.19. The Kier molecular flexibility index (Phi) is 7.65. The minimum absolute atomic E-state index is 0.235. The van der Waals surface area contributed by atoms with Crippen molar-refractivity contribution in [2.45, 2.75) is 16.8 Å². The number of anilines is 1. The molecule has 0 aliphatic heterocycles. The van der Waals surface area contributed by atoms with Crippen molar-refractivity contribution in [3.63, 3.8) is 0 Å². The van der Waals surface area contributed by atoms with Crippen LogP contribution in [-0.2, 0) is 27.4 Å². The first kappa shape index (κ1) is 24.6. The van der Waals surface area contributed by atoms with Crippen molar-refractivity contribution in [3.05, 3.63) is 77.2 Å². The first-order valence-corrected chi connectivity index (χ1v) is 12.1. The van der Waals surface area contributed by atoms with E-state index in [0.29, 0.717) is 23.4 Å². The van der Waals surface area contributed by atoms with Gasteiger partial charge in [0.05, 0.1) is 11.3 Å². The summed E-state index contributed by atoms with van der Waals surface area (Å²) >= 11 is 1.13. The van der Waals surface area contributed by atoms with Gasteiger partial charge in [-0.2, -0.15) is 13.2 Å². The third kappa shape index (κ3) is 6.48. The van der Waals surface area contributed by atoms with Crippen LogP contribution in [0.1, 0.15) is 11.1 Å². The summed E-state index contributed by atoms with van der Waals surface area (Å²) in [5.41, 5.74) is 0.392. The fourth-order valence-corrected chi connectivity index (χ4v) is 5.20. The van der Waals surface area contributed by atoms with Gasteiger partial charge in [-0.25, -0.2) is 8.42 Å². The minimum Gasteiger partial charge on any atom is -0.484 e. The number of thiophene rings is 1. The number of nitrogens with zero attached hydrogens (tertiary/aromatic N) is 1. The van der Waals surface area contributed by atoms with Crippen LogP contribution in [0.25, 0.3) is 0 Å². The van der Waals surface area contributed by atoms with E-state index in [1.807, 2.05) is 0 Å². The van der Waals surface area contributed by atoms with Gasteiger partial charge in [0.1, 0.15) is 9.96 Å². The molecule has 1 aromatic heterocycles. The van der Waals surface area contributed by atoms with Crippen molar-refractivity contribution in [1.29, 1.82) is 0 Å². The number of carbonyl (C=O) groups excluding carboxylic acids is 1. The number of benzene rings is 2. The third-order valence-corrected chi connectivity index (χ3v) is 7.86. The molecule has 176 valence electrons. The Labute approximate surface area is 193 Å². The lowest BCUT2D eigenvalue weighted by Gasteiger charge is -2.18. The van der Waals surface area contributed by atoms with E-state index >= 15 is 0 Å². The van der Waals surface area contributed by atoms with E-state index in [9.17, 15) is 26.4 Å². The number of hydrogen-bond donors (Lipinski definition) is 1. The Balaban J connectivity index is 1.45. The second-order valence-corrected chi connectivity index (χ2v) is 10.1. The van der Waals surface area contributed by atoms with Crippen LogP contribution in [0.4, 0.5) is 18.9 Å². The van der Waals surface area contributed by atoms with Crippen molar-refractivity contribution in [2.75, 3.05) is 24.5 Å². The predicted octanol–water partition coefficient (Wildman–Crippen LogP) is 4.33. The van der Waals surface area contributed by atoms with Crippen LogP contribution in [-0.4, -0.2) is 34.5 Å². The fourth-order valence-electron chi connectivity index (χ4n) is 2.84. The van der Waals surface area contributed by atoms with E-state index in [1.54, 1.807) is 35.7 Å². The third-order valence-electron chi connectivity index (χ3n) is 4.70. The number of amides is 1. The van der Waals surface area contributed by atoms with Gasteiger partial charge in [-0.3, -0.25) is 9.10 Å². The summed E-state index contributed by atoms with van der Waals surface area (Å²) in [5.74, 6) is 0.00180. The zero-order chi connectivity index (χ0) is 24.1. The van der Waals surface area contributed by atoms with Crippen molar-refractivity contribution in [1.82, 2.24) is 5.32 Å². The summed E-state index contributed by atoms with van der Waals surface area (Å²) in [6, 6.07) is 14.2. The highest BCUT2D eigenvalue weighted by atomic mass is 32.2. The molecule has 1 heterocycles. The Morgan fingerprint density at radius 2 is 1.73 bits per heavy atom. The molecule has 2 aromatic carbocycles. The van der Waals surface area contributed by atoms with Crippen LogP contribution < -0.4 is 14.4 Å². The normalized spacial score (nSPS) is 11.8. The Morgan fingerprint density at radius 3 is 2.30 bits per heavy atom. The number of alkyl halides is 3. The average molecular weight is 499 g/mol. The molecule has 33 heavy (non-hydrogen) atoms.